The van der Waals surface area contributed by atoms with Gasteiger partial charge in [-0.1, -0.05) is 17.7 Å². The summed E-state index contributed by atoms with van der Waals surface area (Å²) in [6.45, 7) is 5.95. The minimum absolute atomic E-state index is 0. The van der Waals surface area contributed by atoms with E-state index in [1.54, 1.807) is 12.1 Å². The third kappa shape index (κ3) is 4.53. The molecule has 2 aliphatic heterocycles. The molecule has 6 nitrogen and oxygen atoms in total. The average Bonchev–Trinajstić information content (AvgIpc) is 2.62. The van der Waals surface area contributed by atoms with E-state index in [0.29, 0.717) is 30.8 Å². The predicted molar refractivity (Wildman–Crippen MR) is 99.4 cm³/mol. The zero-order valence-electron chi connectivity index (χ0n) is 14.5. The van der Waals surface area contributed by atoms with Gasteiger partial charge in [-0.15, -0.1) is 12.4 Å². The number of nitrogens with zero attached hydrogens (tertiary/aromatic N) is 2. The van der Waals surface area contributed by atoms with E-state index < -0.39 is 10.0 Å². The second-order valence-electron chi connectivity index (χ2n) is 6.57. The monoisotopic (exact) mass is 387 g/mol. The fourth-order valence-corrected chi connectivity index (χ4v) is 4.82. The maximum absolute atomic E-state index is 12.7. The maximum Gasteiger partial charge on any atom is 0.243 e. The Morgan fingerprint density at radius 2 is 1.60 bits per heavy atom. The first kappa shape index (κ1) is 20.2. The Morgan fingerprint density at radius 3 is 2.16 bits per heavy atom. The SMILES string of the molecule is Cc1ccc(S(=O)(=O)N2CCC(C(=O)N3CCNCC3)CC2)cc1.Cl. The van der Waals surface area contributed by atoms with Gasteiger partial charge in [0.1, 0.15) is 0 Å². The number of nitrogens with one attached hydrogen (secondary N) is 1. The van der Waals surface area contributed by atoms with Crippen LogP contribution >= 0.6 is 12.4 Å². The first-order chi connectivity index (χ1) is 11.5. The predicted octanol–water partition coefficient (Wildman–Crippen LogP) is 1.25. The molecule has 1 aromatic carbocycles. The van der Waals surface area contributed by atoms with E-state index in [1.807, 2.05) is 24.0 Å². The molecular formula is C17H26ClN3O3S. The molecule has 0 radical (unpaired) electrons. The van der Waals surface area contributed by atoms with Crippen LogP contribution in [-0.4, -0.2) is 62.8 Å². The molecule has 1 aromatic rings. The highest BCUT2D eigenvalue weighted by atomic mass is 35.5. The molecule has 1 N–H and O–H groups in total. The smallest absolute Gasteiger partial charge is 0.243 e. The lowest BCUT2D eigenvalue weighted by Crippen LogP contribution is -2.50. The van der Waals surface area contributed by atoms with Crippen molar-refractivity contribution in [1.82, 2.24) is 14.5 Å². The van der Waals surface area contributed by atoms with Crippen molar-refractivity contribution < 1.29 is 13.2 Å². The number of amides is 1. The summed E-state index contributed by atoms with van der Waals surface area (Å²) in [4.78, 5) is 14.8. The summed E-state index contributed by atoms with van der Waals surface area (Å²) in [5.41, 5.74) is 1.04. The fraction of sp³-hybridized carbons (Fsp3) is 0.588. The van der Waals surface area contributed by atoms with Crippen LogP contribution < -0.4 is 5.32 Å². The van der Waals surface area contributed by atoms with Gasteiger partial charge >= 0.3 is 0 Å². The van der Waals surface area contributed by atoms with Crippen LogP contribution in [0.5, 0.6) is 0 Å². The summed E-state index contributed by atoms with van der Waals surface area (Å²) in [7, 11) is -3.45. The van der Waals surface area contributed by atoms with E-state index in [0.717, 1.165) is 31.7 Å². The normalized spacial score (nSPS) is 20.1. The topological polar surface area (TPSA) is 69.7 Å². The molecule has 2 aliphatic rings. The van der Waals surface area contributed by atoms with Crippen molar-refractivity contribution in [3.63, 3.8) is 0 Å². The van der Waals surface area contributed by atoms with E-state index in [-0.39, 0.29) is 24.2 Å². The van der Waals surface area contributed by atoms with Crippen molar-refractivity contribution >= 4 is 28.3 Å². The van der Waals surface area contributed by atoms with Gasteiger partial charge in [0.15, 0.2) is 0 Å². The van der Waals surface area contributed by atoms with E-state index in [4.69, 9.17) is 0 Å². The molecule has 0 bridgehead atoms. The number of piperidine rings is 1. The zero-order chi connectivity index (χ0) is 17.2. The van der Waals surface area contributed by atoms with Crippen LogP contribution in [-0.2, 0) is 14.8 Å². The molecule has 140 valence electrons. The quantitative estimate of drug-likeness (QED) is 0.847. The Kier molecular flexibility index (Phi) is 6.85. The Bertz CT molecular complexity index is 680. The third-order valence-corrected chi connectivity index (χ3v) is 6.80. The van der Waals surface area contributed by atoms with Gasteiger partial charge in [0.05, 0.1) is 4.90 Å². The van der Waals surface area contributed by atoms with E-state index in [1.165, 1.54) is 4.31 Å². The average molecular weight is 388 g/mol. The molecule has 0 atom stereocenters. The highest BCUT2D eigenvalue weighted by Crippen LogP contribution is 2.25. The summed E-state index contributed by atoms with van der Waals surface area (Å²) in [5.74, 6) is 0.136. The Morgan fingerprint density at radius 1 is 1.04 bits per heavy atom. The molecule has 2 heterocycles. The number of hydrogen-bond acceptors (Lipinski definition) is 4. The fourth-order valence-electron chi connectivity index (χ4n) is 3.35. The van der Waals surface area contributed by atoms with Crippen molar-refractivity contribution in [2.24, 2.45) is 5.92 Å². The molecule has 25 heavy (non-hydrogen) atoms. The van der Waals surface area contributed by atoms with Crippen LogP contribution in [0.3, 0.4) is 0 Å². The second kappa shape index (κ2) is 8.49. The largest absolute Gasteiger partial charge is 0.340 e. The van der Waals surface area contributed by atoms with Gasteiger partial charge in [0.2, 0.25) is 15.9 Å². The number of rotatable bonds is 3. The van der Waals surface area contributed by atoms with Gasteiger partial charge in [-0.05, 0) is 31.9 Å². The standard InChI is InChI=1S/C17H25N3O3S.ClH/c1-14-2-4-16(5-3-14)24(22,23)20-10-6-15(7-11-20)17(21)19-12-8-18-9-13-19;/h2-5,15,18H,6-13H2,1H3;1H. The summed E-state index contributed by atoms with van der Waals surface area (Å²) >= 11 is 0. The highest BCUT2D eigenvalue weighted by Gasteiger charge is 2.33. The van der Waals surface area contributed by atoms with Gasteiger partial charge < -0.3 is 10.2 Å². The van der Waals surface area contributed by atoms with E-state index >= 15 is 0 Å². The third-order valence-electron chi connectivity index (χ3n) is 4.89. The summed E-state index contributed by atoms with van der Waals surface area (Å²) in [6, 6.07) is 6.94. The molecule has 2 fully saturated rings. The number of aryl methyl sites for hydroxylation is 1. The van der Waals surface area contributed by atoms with Crippen LogP contribution in [0.1, 0.15) is 18.4 Å². The summed E-state index contributed by atoms with van der Waals surface area (Å²) in [6.07, 6.45) is 1.21. The Balaban J connectivity index is 0.00000225. The number of carbonyl (C=O) groups excluding carboxylic acids is 1. The van der Waals surface area contributed by atoms with Gasteiger partial charge in [-0.25, -0.2) is 8.42 Å². The first-order valence-corrected chi connectivity index (χ1v) is 9.99. The zero-order valence-corrected chi connectivity index (χ0v) is 16.1. The van der Waals surface area contributed by atoms with Gasteiger partial charge in [0.25, 0.3) is 0 Å². The van der Waals surface area contributed by atoms with Crippen LogP contribution in [0.15, 0.2) is 29.2 Å². The second-order valence-corrected chi connectivity index (χ2v) is 8.50. The molecule has 0 saturated carbocycles. The molecule has 8 heteroatoms. The molecule has 0 spiro atoms. The first-order valence-electron chi connectivity index (χ1n) is 8.55. The summed E-state index contributed by atoms with van der Waals surface area (Å²) < 4.78 is 26.9. The minimum Gasteiger partial charge on any atom is -0.340 e. The van der Waals surface area contributed by atoms with Crippen LogP contribution in [0, 0.1) is 12.8 Å². The van der Waals surface area contributed by atoms with Crippen molar-refractivity contribution in [2.45, 2.75) is 24.7 Å². The van der Waals surface area contributed by atoms with Crippen LogP contribution in [0.2, 0.25) is 0 Å². The highest BCUT2D eigenvalue weighted by molar-refractivity contribution is 7.89. The molecule has 2 saturated heterocycles. The minimum atomic E-state index is -3.45. The van der Waals surface area contributed by atoms with E-state index in [9.17, 15) is 13.2 Å². The maximum atomic E-state index is 12.7. The van der Waals surface area contributed by atoms with E-state index in [2.05, 4.69) is 5.32 Å². The van der Waals surface area contributed by atoms with Crippen LogP contribution in [0.4, 0.5) is 0 Å². The van der Waals surface area contributed by atoms with Crippen molar-refractivity contribution in [2.75, 3.05) is 39.3 Å². The summed E-state index contributed by atoms with van der Waals surface area (Å²) in [5, 5.41) is 3.24. The number of halogens is 1. The number of benzene rings is 1. The Hall–Kier alpha value is -1.15. The lowest BCUT2D eigenvalue weighted by Gasteiger charge is -2.35. The molecular weight excluding hydrogens is 362 g/mol. The molecule has 0 aromatic heterocycles. The number of piperazine rings is 1. The van der Waals surface area contributed by atoms with Gasteiger partial charge in [-0.2, -0.15) is 4.31 Å². The lowest BCUT2D eigenvalue weighted by atomic mass is 9.96. The number of hydrogen-bond donors (Lipinski definition) is 1. The van der Waals surface area contributed by atoms with Gasteiger partial charge in [-0.3, -0.25) is 4.79 Å². The number of carbonyl (C=O) groups is 1. The van der Waals surface area contributed by atoms with Crippen molar-refractivity contribution in [1.29, 1.82) is 0 Å². The lowest BCUT2D eigenvalue weighted by molar-refractivity contribution is -0.137. The molecule has 0 unspecified atom stereocenters. The van der Waals surface area contributed by atoms with Crippen molar-refractivity contribution in [3.8, 4) is 0 Å². The molecule has 0 aliphatic carbocycles. The van der Waals surface area contributed by atoms with Crippen molar-refractivity contribution in [3.05, 3.63) is 29.8 Å². The Labute approximate surface area is 156 Å². The van der Waals surface area contributed by atoms with Gasteiger partial charge in [0, 0.05) is 45.2 Å². The molecule has 3 rings (SSSR count). The number of sulfonamides is 1. The molecule has 1 amide bonds. The van der Waals surface area contributed by atoms with Crippen LogP contribution in [0.25, 0.3) is 0 Å².